The van der Waals surface area contributed by atoms with Crippen LogP contribution >= 0.6 is 0 Å². The Balaban J connectivity index is 1.68. The van der Waals surface area contributed by atoms with Gasteiger partial charge in [-0.15, -0.1) is 0 Å². The van der Waals surface area contributed by atoms with Crippen molar-refractivity contribution in [2.75, 3.05) is 10.6 Å². The highest BCUT2D eigenvalue weighted by molar-refractivity contribution is 6.05. The highest BCUT2D eigenvalue weighted by Gasteiger charge is 2.37. The number of carbonyl (C=O) groups excluding carboxylic acids is 2. The molecule has 0 aliphatic carbocycles. The molecule has 178 valence electrons. The molecule has 34 heavy (non-hydrogen) atoms. The molecule has 0 unspecified atom stereocenters. The van der Waals surface area contributed by atoms with Gasteiger partial charge in [-0.1, -0.05) is 6.07 Å². The Morgan fingerprint density at radius 1 is 0.853 bits per heavy atom. The summed E-state index contributed by atoms with van der Waals surface area (Å²) in [5, 5.41) is 6.97. The summed E-state index contributed by atoms with van der Waals surface area (Å²) in [6.45, 7) is 0.207. The fourth-order valence-corrected chi connectivity index (χ4v) is 2.83. The molecule has 3 rings (SSSR count). The van der Waals surface area contributed by atoms with Crippen LogP contribution in [0.2, 0.25) is 0 Å². The zero-order valence-corrected chi connectivity index (χ0v) is 17.1. The van der Waals surface area contributed by atoms with Crippen molar-refractivity contribution in [2.45, 2.75) is 18.9 Å². The molecule has 0 spiro atoms. The summed E-state index contributed by atoms with van der Waals surface area (Å²) in [5.74, 6) is -1.06. The molecule has 12 heteroatoms. The minimum atomic E-state index is -4.98. The van der Waals surface area contributed by atoms with Crippen molar-refractivity contribution in [1.82, 2.24) is 10.3 Å². The van der Waals surface area contributed by atoms with Gasteiger partial charge in [0.15, 0.2) is 0 Å². The highest BCUT2D eigenvalue weighted by atomic mass is 19.4. The molecule has 1 aromatic heterocycles. The SMILES string of the molecule is O=C(NCc1cccnc1)Nc1ccc(C(=O)Nc2cc(C(F)(F)F)ccc2C(F)(F)F)cc1. The van der Waals surface area contributed by atoms with Gasteiger partial charge >= 0.3 is 18.4 Å². The van der Waals surface area contributed by atoms with E-state index in [4.69, 9.17) is 0 Å². The number of pyridine rings is 1. The maximum Gasteiger partial charge on any atom is 0.418 e. The van der Waals surface area contributed by atoms with E-state index < -0.39 is 41.1 Å². The Morgan fingerprint density at radius 2 is 1.56 bits per heavy atom. The van der Waals surface area contributed by atoms with Crippen LogP contribution in [0.4, 0.5) is 42.5 Å². The van der Waals surface area contributed by atoms with Gasteiger partial charge in [0.05, 0.1) is 16.8 Å². The predicted octanol–water partition coefficient (Wildman–Crippen LogP) is 5.69. The molecule has 0 atom stereocenters. The zero-order chi connectivity index (χ0) is 24.9. The van der Waals surface area contributed by atoms with Crippen molar-refractivity contribution >= 4 is 23.3 Å². The van der Waals surface area contributed by atoms with Crippen LogP contribution in [0.5, 0.6) is 0 Å². The topological polar surface area (TPSA) is 83.1 Å². The normalized spacial score (nSPS) is 11.6. The van der Waals surface area contributed by atoms with Crippen LogP contribution in [0.1, 0.15) is 27.0 Å². The first-order valence-electron chi connectivity index (χ1n) is 9.57. The molecule has 0 aliphatic heterocycles. The third-order valence-corrected chi connectivity index (χ3v) is 4.48. The number of rotatable bonds is 5. The maximum absolute atomic E-state index is 13.2. The van der Waals surface area contributed by atoms with Gasteiger partial charge in [0.1, 0.15) is 0 Å². The van der Waals surface area contributed by atoms with E-state index in [1.165, 1.54) is 24.3 Å². The van der Waals surface area contributed by atoms with Crippen LogP contribution in [-0.4, -0.2) is 16.9 Å². The van der Waals surface area contributed by atoms with Gasteiger partial charge in [-0.3, -0.25) is 9.78 Å². The number of alkyl halides is 6. The number of hydrogen-bond donors (Lipinski definition) is 3. The van der Waals surface area contributed by atoms with Crippen LogP contribution in [0.25, 0.3) is 0 Å². The lowest BCUT2D eigenvalue weighted by Crippen LogP contribution is -2.28. The Labute approximate surface area is 189 Å². The van der Waals surface area contributed by atoms with Gasteiger partial charge in [0.2, 0.25) is 0 Å². The molecule has 3 N–H and O–H groups in total. The van der Waals surface area contributed by atoms with Gasteiger partial charge in [-0.2, -0.15) is 26.3 Å². The largest absolute Gasteiger partial charge is 0.418 e. The zero-order valence-electron chi connectivity index (χ0n) is 17.1. The molecule has 2 aromatic carbocycles. The van der Waals surface area contributed by atoms with Crippen LogP contribution < -0.4 is 16.0 Å². The monoisotopic (exact) mass is 482 g/mol. The second kappa shape index (κ2) is 9.81. The van der Waals surface area contributed by atoms with Gasteiger partial charge in [-0.05, 0) is 54.1 Å². The molecule has 3 amide bonds. The molecule has 3 aromatic rings. The lowest BCUT2D eigenvalue weighted by Gasteiger charge is -2.16. The van der Waals surface area contributed by atoms with Crippen LogP contribution in [0.3, 0.4) is 0 Å². The summed E-state index contributed by atoms with van der Waals surface area (Å²) >= 11 is 0. The number of nitrogens with zero attached hydrogens (tertiary/aromatic N) is 1. The van der Waals surface area contributed by atoms with Gasteiger partial charge in [0, 0.05) is 30.2 Å². The number of amides is 3. The van der Waals surface area contributed by atoms with E-state index in [-0.39, 0.29) is 36.0 Å². The molecule has 0 fully saturated rings. The van der Waals surface area contributed by atoms with Crippen molar-refractivity contribution in [3.8, 4) is 0 Å². The third-order valence-electron chi connectivity index (χ3n) is 4.48. The first-order chi connectivity index (χ1) is 15.9. The van der Waals surface area contributed by atoms with E-state index in [9.17, 15) is 35.9 Å². The lowest BCUT2D eigenvalue weighted by molar-refractivity contribution is -0.140. The molecule has 0 saturated heterocycles. The molecule has 0 radical (unpaired) electrons. The minimum absolute atomic E-state index is 0.133. The summed E-state index contributed by atoms with van der Waals surface area (Å²) in [6, 6.07) is 8.71. The number of halogens is 6. The molecular weight excluding hydrogens is 466 g/mol. The Hall–Kier alpha value is -4.09. The van der Waals surface area contributed by atoms with Gasteiger partial charge in [-0.25, -0.2) is 4.79 Å². The number of carbonyl (C=O) groups is 2. The first-order valence-corrected chi connectivity index (χ1v) is 9.57. The van der Waals surface area contributed by atoms with E-state index in [0.29, 0.717) is 0 Å². The van der Waals surface area contributed by atoms with E-state index in [1.54, 1.807) is 24.5 Å². The standard InChI is InChI=1S/C22H16F6N4O2/c23-21(24,25)15-5-8-17(22(26,27)28)18(10-15)32-19(33)14-3-6-16(7-4-14)31-20(34)30-12-13-2-1-9-29-11-13/h1-11H,12H2,(H,32,33)(H2,30,31,34). The van der Waals surface area contributed by atoms with E-state index in [1.807, 2.05) is 5.32 Å². The molecule has 0 bridgehead atoms. The summed E-state index contributed by atoms with van der Waals surface area (Å²) in [6.07, 6.45) is -6.72. The van der Waals surface area contributed by atoms with E-state index >= 15 is 0 Å². The van der Waals surface area contributed by atoms with Gasteiger partial charge in [0.25, 0.3) is 5.91 Å². The second-order valence-electron chi connectivity index (χ2n) is 6.96. The average molecular weight is 482 g/mol. The fraction of sp³-hybridized carbons (Fsp3) is 0.136. The van der Waals surface area contributed by atoms with Crippen molar-refractivity contribution in [3.05, 3.63) is 89.2 Å². The average Bonchev–Trinajstić information content (AvgIpc) is 2.77. The number of aromatic nitrogens is 1. The summed E-state index contributed by atoms with van der Waals surface area (Å²) < 4.78 is 78.3. The minimum Gasteiger partial charge on any atom is -0.334 e. The Morgan fingerprint density at radius 3 is 2.15 bits per heavy atom. The predicted molar refractivity (Wildman–Crippen MR) is 111 cm³/mol. The van der Waals surface area contributed by atoms with Crippen molar-refractivity contribution < 1.29 is 35.9 Å². The van der Waals surface area contributed by atoms with Crippen molar-refractivity contribution in [2.24, 2.45) is 0 Å². The summed E-state index contributed by atoms with van der Waals surface area (Å²) in [4.78, 5) is 28.3. The van der Waals surface area contributed by atoms with Crippen molar-refractivity contribution in [3.63, 3.8) is 0 Å². The van der Waals surface area contributed by atoms with Crippen molar-refractivity contribution in [1.29, 1.82) is 0 Å². The van der Waals surface area contributed by atoms with Gasteiger partial charge < -0.3 is 16.0 Å². The fourth-order valence-electron chi connectivity index (χ4n) is 2.83. The molecule has 0 saturated carbocycles. The number of benzene rings is 2. The van der Waals surface area contributed by atoms with E-state index in [2.05, 4.69) is 15.6 Å². The number of nitrogens with one attached hydrogen (secondary N) is 3. The van der Waals surface area contributed by atoms with Crippen LogP contribution in [0.15, 0.2) is 67.0 Å². The maximum atomic E-state index is 13.2. The molecular formula is C22H16F6N4O2. The first kappa shape index (κ1) is 24.6. The molecule has 6 nitrogen and oxygen atoms in total. The quantitative estimate of drug-likeness (QED) is 0.409. The lowest BCUT2D eigenvalue weighted by atomic mass is 10.1. The van der Waals surface area contributed by atoms with Crippen LogP contribution in [0, 0.1) is 0 Å². The number of hydrogen-bond acceptors (Lipinski definition) is 3. The number of anilines is 2. The highest BCUT2D eigenvalue weighted by Crippen LogP contribution is 2.39. The smallest absolute Gasteiger partial charge is 0.334 e. The second-order valence-corrected chi connectivity index (χ2v) is 6.96. The third kappa shape index (κ3) is 6.47. The summed E-state index contributed by atoms with van der Waals surface area (Å²) in [7, 11) is 0. The van der Waals surface area contributed by atoms with E-state index in [0.717, 1.165) is 5.56 Å². The van der Waals surface area contributed by atoms with Crippen LogP contribution in [-0.2, 0) is 18.9 Å². The Bertz CT molecular complexity index is 1160. The molecule has 1 heterocycles. The molecule has 0 aliphatic rings. The number of urea groups is 1. The summed E-state index contributed by atoms with van der Waals surface area (Å²) in [5.41, 5.74) is -2.88. The Kier molecular flexibility index (Phi) is 7.08.